The molecule has 2 amide bonds. The largest absolute Gasteiger partial charge is 0.495 e. The smallest absolute Gasteiger partial charge is 0.229 e. The van der Waals surface area contributed by atoms with Crippen molar-refractivity contribution in [2.45, 2.75) is 20.3 Å². The van der Waals surface area contributed by atoms with Crippen molar-refractivity contribution < 1.29 is 19.1 Å². The summed E-state index contributed by atoms with van der Waals surface area (Å²) >= 11 is 6.11. The molecule has 6 nitrogen and oxygen atoms in total. The Morgan fingerprint density at radius 2 is 1.89 bits per heavy atom. The van der Waals surface area contributed by atoms with Crippen LogP contribution in [0.25, 0.3) is 0 Å². The van der Waals surface area contributed by atoms with Gasteiger partial charge < -0.3 is 19.7 Å². The zero-order valence-corrected chi connectivity index (χ0v) is 17.1. The maximum absolute atomic E-state index is 12.8. The van der Waals surface area contributed by atoms with E-state index >= 15 is 0 Å². The Hall–Kier alpha value is -2.73. The summed E-state index contributed by atoms with van der Waals surface area (Å²) < 4.78 is 10.5. The van der Waals surface area contributed by atoms with Gasteiger partial charge in [0.1, 0.15) is 11.5 Å². The molecule has 28 heavy (non-hydrogen) atoms. The summed E-state index contributed by atoms with van der Waals surface area (Å²) in [6.45, 7) is 4.32. The fraction of sp³-hybridized carbons (Fsp3) is 0.333. The first-order chi connectivity index (χ1) is 13.3. The molecule has 148 valence electrons. The molecule has 3 rings (SSSR count). The van der Waals surface area contributed by atoms with E-state index in [9.17, 15) is 9.59 Å². The standard InChI is InChI=1S/C21H23ClN2O4/c1-12-6-5-7-17(13(12)2)24-11-14(8-20(24)25)21(26)23-16-10-18(27-3)15(22)9-19(16)28-4/h5-7,9-10,14H,8,11H2,1-4H3,(H,23,26)/t14-/m1/s1. The number of methoxy groups -OCH3 is 2. The van der Waals surface area contributed by atoms with Gasteiger partial charge in [-0.05, 0) is 31.0 Å². The average molecular weight is 403 g/mol. The molecule has 1 saturated heterocycles. The third-order valence-corrected chi connectivity index (χ3v) is 5.39. The van der Waals surface area contributed by atoms with E-state index in [2.05, 4.69) is 5.32 Å². The zero-order chi connectivity index (χ0) is 20.4. The molecule has 2 aromatic rings. The molecule has 1 atom stereocenters. The van der Waals surface area contributed by atoms with Crippen molar-refractivity contribution in [1.29, 1.82) is 0 Å². The van der Waals surface area contributed by atoms with E-state index in [1.165, 1.54) is 14.2 Å². The van der Waals surface area contributed by atoms with Crippen LogP contribution in [0.2, 0.25) is 5.02 Å². The number of benzene rings is 2. The van der Waals surface area contributed by atoms with Gasteiger partial charge in [-0.25, -0.2) is 0 Å². The van der Waals surface area contributed by atoms with Crippen molar-refractivity contribution in [2.24, 2.45) is 5.92 Å². The number of rotatable bonds is 5. The number of nitrogens with zero attached hydrogens (tertiary/aromatic N) is 1. The quantitative estimate of drug-likeness (QED) is 0.821. The normalized spacial score (nSPS) is 16.2. The maximum atomic E-state index is 12.8. The Balaban J connectivity index is 1.80. The second-order valence-electron chi connectivity index (χ2n) is 6.80. The molecule has 0 bridgehead atoms. The highest BCUT2D eigenvalue weighted by Crippen LogP contribution is 2.37. The number of hydrogen-bond donors (Lipinski definition) is 1. The van der Waals surface area contributed by atoms with E-state index < -0.39 is 5.92 Å². The molecular weight excluding hydrogens is 380 g/mol. The molecule has 1 aliphatic heterocycles. The van der Waals surface area contributed by atoms with Gasteiger partial charge >= 0.3 is 0 Å². The molecular formula is C21H23ClN2O4. The summed E-state index contributed by atoms with van der Waals surface area (Å²) in [5.74, 6) is 0.0873. The van der Waals surface area contributed by atoms with Gasteiger partial charge in [0.15, 0.2) is 0 Å². The van der Waals surface area contributed by atoms with Crippen LogP contribution in [-0.2, 0) is 9.59 Å². The second kappa shape index (κ2) is 8.10. The average Bonchev–Trinajstić information content (AvgIpc) is 3.06. The molecule has 0 aliphatic carbocycles. The second-order valence-corrected chi connectivity index (χ2v) is 7.21. The Kier molecular flexibility index (Phi) is 5.79. The van der Waals surface area contributed by atoms with Crippen molar-refractivity contribution >= 4 is 34.8 Å². The summed E-state index contributed by atoms with van der Waals surface area (Å²) in [6, 6.07) is 9.02. The molecule has 0 saturated carbocycles. The lowest BCUT2D eigenvalue weighted by molar-refractivity contribution is -0.122. The Morgan fingerprint density at radius 3 is 2.57 bits per heavy atom. The number of aryl methyl sites for hydroxylation is 1. The van der Waals surface area contributed by atoms with Gasteiger partial charge in [-0.2, -0.15) is 0 Å². The molecule has 2 aromatic carbocycles. The van der Waals surface area contributed by atoms with E-state index in [1.54, 1.807) is 17.0 Å². The molecule has 0 radical (unpaired) electrons. The van der Waals surface area contributed by atoms with Gasteiger partial charge in [-0.1, -0.05) is 23.7 Å². The van der Waals surface area contributed by atoms with Crippen LogP contribution in [0.3, 0.4) is 0 Å². The van der Waals surface area contributed by atoms with Gasteiger partial charge in [0.05, 0.1) is 30.8 Å². The third kappa shape index (κ3) is 3.78. The van der Waals surface area contributed by atoms with Crippen LogP contribution in [0.15, 0.2) is 30.3 Å². The maximum Gasteiger partial charge on any atom is 0.229 e. The number of anilines is 2. The van der Waals surface area contributed by atoms with Crippen LogP contribution in [-0.4, -0.2) is 32.6 Å². The first kappa shape index (κ1) is 20.0. The molecule has 1 fully saturated rings. The van der Waals surface area contributed by atoms with E-state index in [4.69, 9.17) is 21.1 Å². The van der Waals surface area contributed by atoms with Crippen molar-refractivity contribution in [3.05, 3.63) is 46.5 Å². The summed E-state index contributed by atoms with van der Waals surface area (Å²) in [7, 11) is 2.99. The number of carbonyl (C=O) groups excluding carboxylic acids is 2. The summed E-state index contributed by atoms with van der Waals surface area (Å²) in [6.07, 6.45) is 0.159. The number of halogens is 1. The summed E-state index contributed by atoms with van der Waals surface area (Å²) in [5, 5.41) is 3.23. The minimum absolute atomic E-state index is 0.0606. The highest BCUT2D eigenvalue weighted by molar-refractivity contribution is 6.32. The van der Waals surface area contributed by atoms with Gasteiger partial charge in [-0.15, -0.1) is 0 Å². The van der Waals surface area contributed by atoms with Crippen molar-refractivity contribution in [2.75, 3.05) is 31.0 Å². The van der Waals surface area contributed by atoms with Gasteiger partial charge in [-0.3, -0.25) is 9.59 Å². The number of hydrogen-bond acceptors (Lipinski definition) is 4. The van der Waals surface area contributed by atoms with E-state index in [1.807, 2.05) is 32.0 Å². The fourth-order valence-electron chi connectivity index (χ4n) is 3.34. The minimum Gasteiger partial charge on any atom is -0.495 e. The molecule has 1 aliphatic rings. The topological polar surface area (TPSA) is 67.9 Å². The predicted molar refractivity (Wildman–Crippen MR) is 110 cm³/mol. The molecule has 7 heteroatoms. The fourth-order valence-corrected chi connectivity index (χ4v) is 3.57. The highest BCUT2D eigenvalue weighted by Gasteiger charge is 2.36. The third-order valence-electron chi connectivity index (χ3n) is 5.09. The highest BCUT2D eigenvalue weighted by atomic mass is 35.5. The lowest BCUT2D eigenvalue weighted by Crippen LogP contribution is -2.28. The first-order valence-corrected chi connectivity index (χ1v) is 9.32. The van der Waals surface area contributed by atoms with Crippen molar-refractivity contribution in [3.8, 4) is 11.5 Å². The van der Waals surface area contributed by atoms with Crippen LogP contribution in [0.4, 0.5) is 11.4 Å². The lowest BCUT2D eigenvalue weighted by Gasteiger charge is -2.20. The Morgan fingerprint density at radius 1 is 1.18 bits per heavy atom. The Bertz CT molecular complexity index is 929. The Labute approximate surface area is 169 Å². The van der Waals surface area contributed by atoms with Gasteiger partial charge in [0, 0.05) is 30.8 Å². The number of carbonyl (C=O) groups is 2. The van der Waals surface area contributed by atoms with Crippen LogP contribution in [0, 0.1) is 19.8 Å². The lowest BCUT2D eigenvalue weighted by atomic mass is 10.1. The van der Waals surface area contributed by atoms with Crippen LogP contribution in [0.1, 0.15) is 17.5 Å². The van der Waals surface area contributed by atoms with E-state index in [0.29, 0.717) is 28.8 Å². The molecule has 0 unspecified atom stereocenters. The number of ether oxygens (including phenoxy) is 2. The molecule has 0 spiro atoms. The number of nitrogens with one attached hydrogen (secondary N) is 1. The van der Waals surface area contributed by atoms with E-state index in [-0.39, 0.29) is 18.2 Å². The van der Waals surface area contributed by atoms with Crippen LogP contribution >= 0.6 is 11.6 Å². The van der Waals surface area contributed by atoms with Crippen LogP contribution in [0.5, 0.6) is 11.5 Å². The zero-order valence-electron chi connectivity index (χ0n) is 16.3. The van der Waals surface area contributed by atoms with E-state index in [0.717, 1.165) is 16.8 Å². The first-order valence-electron chi connectivity index (χ1n) is 8.94. The summed E-state index contributed by atoms with van der Waals surface area (Å²) in [4.78, 5) is 27.1. The minimum atomic E-state index is -0.459. The molecule has 0 aromatic heterocycles. The van der Waals surface area contributed by atoms with Crippen LogP contribution < -0.4 is 19.7 Å². The van der Waals surface area contributed by atoms with Crippen molar-refractivity contribution in [1.82, 2.24) is 0 Å². The number of amides is 2. The SMILES string of the molecule is COc1cc(NC(=O)[C@@H]2CC(=O)N(c3cccc(C)c3C)C2)c(OC)cc1Cl. The van der Waals surface area contributed by atoms with Gasteiger partial charge in [0.2, 0.25) is 11.8 Å². The predicted octanol–water partition coefficient (Wildman–Crippen LogP) is 3.97. The molecule has 1 N–H and O–H groups in total. The molecule has 1 heterocycles. The van der Waals surface area contributed by atoms with Gasteiger partial charge in [0.25, 0.3) is 0 Å². The van der Waals surface area contributed by atoms with Crippen molar-refractivity contribution in [3.63, 3.8) is 0 Å². The summed E-state index contributed by atoms with van der Waals surface area (Å²) in [5.41, 5.74) is 3.45. The monoisotopic (exact) mass is 402 g/mol.